The van der Waals surface area contributed by atoms with Crippen molar-refractivity contribution >= 4 is 17.8 Å². The summed E-state index contributed by atoms with van der Waals surface area (Å²) in [7, 11) is 1.55. The normalized spacial score (nSPS) is 10.3. The zero-order valence-corrected chi connectivity index (χ0v) is 16.3. The molecule has 0 saturated heterocycles. The molecule has 0 aromatic heterocycles. The number of carbonyl (C=O) groups excluding carboxylic acids is 1. The van der Waals surface area contributed by atoms with E-state index in [0.29, 0.717) is 22.6 Å². The maximum absolute atomic E-state index is 12.1. The van der Waals surface area contributed by atoms with Gasteiger partial charge in [0.15, 0.2) is 0 Å². The summed E-state index contributed by atoms with van der Waals surface area (Å²) in [5.41, 5.74) is 3.45. The van der Waals surface area contributed by atoms with Crippen LogP contribution in [0.25, 0.3) is 0 Å². The number of nitrogens with one attached hydrogen (secondary N) is 1. The highest BCUT2D eigenvalue weighted by molar-refractivity contribution is 5.95. The fourth-order valence-electron chi connectivity index (χ4n) is 2.53. The highest BCUT2D eigenvalue weighted by Gasteiger charge is 2.12. The van der Waals surface area contributed by atoms with Crippen LogP contribution in [-0.4, -0.2) is 24.2 Å². The van der Waals surface area contributed by atoms with Gasteiger partial charge in [-0.1, -0.05) is 0 Å². The highest BCUT2D eigenvalue weighted by atomic mass is 16.6. The van der Waals surface area contributed by atoms with Gasteiger partial charge in [0.2, 0.25) is 0 Å². The molecule has 9 nitrogen and oxygen atoms in total. The molecule has 1 N–H and O–H groups in total. The zero-order chi connectivity index (χ0) is 22.2. The van der Waals surface area contributed by atoms with E-state index in [1.54, 1.807) is 55.6 Å². The van der Waals surface area contributed by atoms with Crippen LogP contribution >= 0.6 is 0 Å². The van der Waals surface area contributed by atoms with E-state index in [0.717, 1.165) is 6.07 Å². The fourth-order valence-corrected chi connectivity index (χ4v) is 2.53. The standard InChI is InChI=1S/C22H16N4O5/c1-30-19-9-4-16(5-10-19)22(27)25-24-14-15-2-7-20(8-3-15)31-21-11-6-18(26(28)29)12-17(21)13-23/h2-12,14H,1H3,(H,25,27)/b24-14-. The molecule has 9 heteroatoms. The maximum atomic E-state index is 12.1. The topological polar surface area (TPSA) is 127 Å². The Morgan fingerprint density at radius 3 is 2.39 bits per heavy atom. The van der Waals surface area contributed by atoms with E-state index in [1.165, 1.54) is 18.3 Å². The second-order valence-electron chi connectivity index (χ2n) is 6.15. The van der Waals surface area contributed by atoms with Gasteiger partial charge < -0.3 is 9.47 Å². The van der Waals surface area contributed by atoms with Gasteiger partial charge in [-0.3, -0.25) is 14.9 Å². The van der Waals surface area contributed by atoms with Gasteiger partial charge in [0.05, 0.1) is 18.2 Å². The first-order valence-electron chi connectivity index (χ1n) is 8.94. The lowest BCUT2D eigenvalue weighted by atomic mass is 10.2. The summed E-state index contributed by atoms with van der Waals surface area (Å²) in [6.45, 7) is 0. The van der Waals surface area contributed by atoms with Crippen molar-refractivity contribution in [3.05, 3.63) is 93.5 Å². The number of ether oxygens (including phenoxy) is 2. The Kier molecular flexibility index (Phi) is 6.55. The van der Waals surface area contributed by atoms with Crippen LogP contribution in [0.15, 0.2) is 71.8 Å². The van der Waals surface area contributed by atoms with E-state index < -0.39 is 4.92 Å². The van der Waals surface area contributed by atoms with Gasteiger partial charge in [0.1, 0.15) is 28.9 Å². The van der Waals surface area contributed by atoms with Gasteiger partial charge in [0, 0.05) is 17.7 Å². The molecule has 0 aliphatic rings. The molecule has 31 heavy (non-hydrogen) atoms. The fraction of sp³-hybridized carbons (Fsp3) is 0.0455. The second kappa shape index (κ2) is 9.67. The van der Waals surface area contributed by atoms with Crippen LogP contribution in [0.5, 0.6) is 17.2 Å². The number of nitrogens with zero attached hydrogens (tertiary/aromatic N) is 3. The van der Waals surface area contributed by atoms with Gasteiger partial charge in [0.25, 0.3) is 11.6 Å². The van der Waals surface area contributed by atoms with Crippen molar-refractivity contribution < 1.29 is 19.2 Å². The van der Waals surface area contributed by atoms with Crippen molar-refractivity contribution in [3.8, 4) is 23.3 Å². The number of nitro benzene ring substituents is 1. The lowest BCUT2D eigenvalue weighted by molar-refractivity contribution is -0.384. The van der Waals surface area contributed by atoms with Crippen LogP contribution in [0.3, 0.4) is 0 Å². The third kappa shape index (κ3) is 5.42. The number of benzene rings is 3. The van der Waals surface area contributed by atoms with E-state index >= 15 is 0 Å². The van der Waals surface area contributed by atoms with Crippen molar-refractivity contribution in [1.29, 1.82) is 5.26 Å². The first kappa shape index (κ1) is 21.0. The Morgan fingerprint density at radius 2 is 1.77 bits per heavy atom. The summed E-state index contributed by atoms with van der Waals surface area (Å²) >= 11 is 0. The molecule has 0 bridgehead atoms. The quantitative estimate of drug-likeness (QED) is 0.352. The summed E-state index contributed by atoms with van der Waals surface area (Å²) in [4.78, 5) is 22.3. The Bertz CT molecular complexity index is 1170. The van der Waals surface area contributed by atoms with Crippen LogP contribution in [0.4, 0.5) is 5.69 Å². The molecule has 0 aliphatic carbocycles. The molecule has 1 amide bonds. The average Bonchev–Trinajstić information content (AvgIpc) is 2.80. The maximum Gasteiger partial charge on any atom is 0.271 e. The van der Waals surface area contributed by atoms with E-state index in [1.807, 2.05) is 6.07 Å². The zero-order valence-electron chi connectivity index (χ0n) is 16.3. The molecule has 0 radical (unpaired) electrons. The second-order valence-corrected chi connectivity index (χ2v) is 6.15. The number of nitriles is 1. The van der Waals surface area contributed by atoms with E-state index in [2.05, 4.69) is 10.5 Å². The molecule has 0 saturated carbocycles. The average molecular weight is 416 g/mol. The Balaban J connectivity index is 1.62. The van der Waals surface area contributed by atoms with Crippen molar-refractivity contribution in [2.75, 3.05) is 7.11 Å². The highest BCUT2D eigenvalue weighted by Crippen LogP contribution is 2.28. The minimum atomic E-state index is -0.577. The molecule has 0 spiro atoms. The summed E-state index contributed by atoms with van der Waals surface area (Å²) in [6.07, 6.45) is 1.47. The number of methoxy groups -OCH3 is 1. The van der Waals surface area contributed by atoms with Gasteiger partial charge in [-0.25, -0.2) is 5.43 Å². The first-order chi connectivity index (χ1) is 15.0. The number of carbonyl (C=O) groups is 1. The van der Waals surface area contributed by atoms with Crippen LogP contribution in [0.1, 0.15) is 21.5 Å². The molecule has 0 fully saturated rings. The number of amides is 1. The van der Waals surface area contributed by atoms with Crippen LogP contribution in [-0.2, 0) is 0 Å². The van der Waals surface area contributed by atoms with Crippen molar-refractivity contribution in [2.45, 2.75) is 0 Å². The molecule has 0 heterocycles. The number of non-ortho nitro benzene ring substituents is 1. The Morgan fingerprint density at radius 1 is 1.10 bits per heavy atom. The Labute approximate surface area is 177 Å². The number of hydrogen-bond donors (Lipinski definition) is 1. The molecular formula is C22H16N4O5. The van der Waals surface area contributed by atoms with E-state index in [-0.39, 0.29) is 22.9 Å². The predicted octanol–water partition coefficient (Wildman–Crippen LogP) is 4.03. The van der Waals surface area contributed by atoms with Crippen LogP contribution in [0, 0.1) is 21.4 Å². The molecule has 0 unspecified atom stereocenters. The predicted molar refractivity (Wildman–Crippen MR) is 112 cm³/mol. The molecule has 3 aromatic carbocycles. The Hall–Kier alpha value is -4.71. The number of rotatable bonds is 7. The molecule has 3 aromatic rings. The summed E-state index contributed by atoms with van der Waals surface area (Å²) in [5.74, 6) is 0.935. The van der Waals surface area contributed by atoms with Crippen molar-refractivity contribution in [1.82, 2.24) is 5.43 Å². The lowest BCUT2D eigenvalue weighted by Crippen LogP contribution is -2.17. The number of hydrogen-bond acceptors (Lipinski definition) is 7. The van der Waals surface area contributed by atoms with Gasteiger partial charge in [-0.15, -0.1) is 0 Å². The minimum Gasteiger partial charge on any atom is -0.497 e. The SMILES string of the molecule is COc1ccc(C(=O)N/N=C\c2ccc(Oc3ccc([N+](=O)[O-])cc3C#N)cc2)cc1. The molecule has 0 aliphatic heterocycles. The summed E-state index contributed by atoms with van der Waals surface area (Å²) in [6, 6.07) is 19.0. The molecule has 154 valence electrons. The minimum absolute atomic E-state index is 0.0566. The summed E-state index contributed by atoms with van der Waals surface area (Å²) < 4.78 is 10.7. The smallest absolute Gasteiger partial charge is 0.271 e. The van der Waals surface area contributed by atoms with Crippen LogP contribution < -0.4 is 14.9 Å². The van der Waals surface area contributed by atoms with Crippen LogP contribution in [0.2, 0.25) is 0 Å². The van der Waals surface area contributed by atoms with Gasteiger partial charge in [-0.2, -0.15) is 10.4 Å². The number of hydrazone groups is 1. The van der Waals surface area contributed by atoms with Gasteiger partial charge in [-0.05, 0) is 60.2 Å². The van der Waals surface area contributed by atoms with Crippen molar-refractivity contribution in [3.63, 3.8) is 0 Å². The first-order valence-corrected chi connectivity index (χ1v) is 8.94. The molecular weight excluding hydrogens is 400 g/mol. The van der Waals surface area contributed by atoms with Crippen molar-refractivity contribution in [2.24, 2.45) is 5.10 Å². The largest absolute Gasteiger partial charge is 0.497 e. The molecule has 3 rings (SSSR count). The summed E-state index contributed by atoms with van der Waals surface area (Å²) in [5, 5.41) is 23.9. The third-order valence-electron chi connectivity index (χ3n) is 4.13. The monoisotopic (exact) mass is 416 g/mol. The van der Waals surface area contributed by atoms with E-state index in [9.17, 15) is 20.2 Å². The van der Waals surface area contributed by atoms with Gasteiger partial charge >= 0.3 is 0 Å². The molecule has 0 atom stereocenters. The third-order valence-corrected chi connectivity index (χ3v) is 4.13. The van der Waals surface area contributed by atoms with E-state index in [4.69, 9.17) is 9.47 Å². The number of nitro groups is 1. The lowest BCUT2D eigenvalue weighted by Gasteiger charge is -2.07.